The van der Waals surface area contributed by atoms with Crippen LogP contribution in [0.2, 0.25) is 0 Å². The summed E-state index contributed by atoms with van der Waals surface area (Å²) in [6, 6.07) is 1.63. The summed E-state index contributed by atoms with van der Waals surface area (Å²) in [6.07, 6.45) is 2.70. The number of amides is 2. The molecule has 0 aliphatic carbocycles. The van der Waals surface area contributed by atoms with E-state index in [1.807, 2.05) is 17.7 Å². The van der Waals surface area contributed by atoms with Crippen molar-refractivity contribution in [1.29, 1.82) is 0 Å². The average molecular weight is 236 g/mol. The van der Waals surface area contributed by atoms with Crippen LogP contribution >= 0.6 is 0 Å². The first-order chi connectivity index (χ1) is 8.20. The quantitative estimate of drug-likeness (QED) is 0.710. The molecule has 0 radical (unpaired) electrons. The van der Waals surface area contributed by atoms with Crippen molar-refractivity contribution < 1.29 is 9.59 Å². The van der Waals surface area contributed by atoms with E-state index in [1.54, 1.807) is 6.20 Å². The molecular weight excluding hydrogens is 220 g/mol. The number of imide groups is 1. The lowest BCUT2D eigenvalue weighted by molar-refractivity contribution is -0.134. The summed E-state index contributed by atoms with van der Waals surface area (Å²) in [6.45, 7) is 3.40. The summed E-state index contributed by atoms with van der Waals surface area (Å²) in [5.41, 5.74) is 1.04. The Morgan fingerprint density at radius 1 is 1.59 bits per heavy atom. The molecule has 1 unspecified atom stereocenters. The standard InChI is InChI=1S/C11H16N4O2/c1-2-15-8(5-6-13-15)7-12-9-3-4-10(16)14-11(9)17/h5-6,9,12H,2-4,7H2,1H3,(H,14,16,17). The minimum atomic E-state index is -0.284. The van der Waals surface area contributed by atoms with E-state index < -0.39 is 0 Å². The van der Waals surface area contributed by atoms with Crippen molar-refractivity contribution in [3.8, 4) is 0 Å². The Morgan fingerprint density at radius 3 is 3.12 bits per heavy atom. The smallest absolute Gasteiger partial charge is 0.243 e. The molecule has 1 aromatic heterocycles. The Labute approximate surface area is 99.4 Å². The highest BCUT2D eigenvalue weighted by Gasteiger charge is 2.25. The second kappa shape index (κ2) is 5.09. The molecule has 1 aliphatic heterocycles. The van der Waals surface area contributed by atoms with E-state index in [1.165, 1.54) is 0 Å². The summed E-state index contributed by atoms with van der Waals surface area (Å²) in [4.78, 5) is 22.5. The third-order valence-corrected chi connectivity index (χ3v) is 2.87. The lowest BCUT2D eigenvalue weighted by Gasteiger charge is -2.21. The van der Waals surface area contributed by atoms with Gasteiger partial charge >= 0.3 is 0 Å². The summed E-state index contributed by atoms with van der Waals surface area (Å²) in [5.74, 6) is -0.421. The van der Waals surface area contributed by atoms with Gasteiger partial charge in [0.2, 0.25) is 11.8 Å². The molecule has 0 bridgehead atoms. The summed E-state index contributed by atoms with van der Waals surface area (Å²) in [5, 5.41) is 9.62. The zero-order valence-corrected chi connectivity index (χ0v) is 9.77. The minimum absolute atomic E-state index is 0.188. The van der Waals surface area contributed by atoms with Crippen LogP contribution in [-0.4, -0.2) is 27.6 Å². The van der Waals surface area contributed by atoms with Crippen LogP contribution in [0, 0.1) is 0 Å². The molecule has 2 rings (SSSR count). The molecular formula is C11H16N4O2. The number of aromatic nitrogens is 2. The number of nitrogens with zero attached hydrogens (tertiary/aromatic N) is 2. The maximum Gasteiger partial charge on any atom is 0.243 e. The van der Waals surface area contributed by atoms with Gasteiger partial charge in [0.05, 0.1) is 11.7 Å². The van der Waals surface area contributed by atoms with E-state index in [0.29, 0.717) is 19.4 Å². The molecule has 2 heterocycles. The van der Waals surface area contributed by atoms with Crippen molar-refractivity contribution in [3.63, 3.8) is 0 Å². The van der Waals surface area contributed by atoms with Gasteiger partial charge in [-0.25, -0.2) is 0 Å². The van der Waals surface area contributed by atoms with Gasteiger partial charge in [-0.1, -0.05) is 0 Å². The predicted molar refractivity (Wildman–Crippen MR) is 60.9 cm³/mol. The molecule has 0 saturated carbocycles. The third-order valence-electron chi connectivity index (χ3n) is 2.87. The van der Waals surface area contributed by atoms with Gasteiger partial charge < -0.3 is 5.32 Å². The summed E-state index contributed by atoms with van der Waals surface area (Å²) >= 11 is 0. The Bertz CT molecular complexity index is 427. The SMILES string of the molecule is CCn1nccc1CNC1CCC(=O)NC1=O. The van der Waals surface area contributed by atoms with E-state index in [0.717, 1.165) is 12.2 Å². The Kier molecular flexibility index (Phi) is 3.53. The molecule has 1 saturated heterocycles. The molecule has 2 N–H and O–H groups in total. The topological polar surface area (TPSA) is 76.0 Å². The highest BCUT2D eigenvalue weighted by atomic mass is 16.2. The first-order valence-electron chi connectivity index (χ1n) is 5.78. The van der Waals surface area contributed by atoms with E-state index in [9.17, 15) is 9.59 Å². The van der Waals surface area contributed by atoms with Gasteiger partial charge in [0.1, 0.15) is 0 Å². The average Bonchev–Trinajstić information content (AvgIpc) is 2.75. The van der Waals surface area contributed by atoms with Crippen LogP contribution in [0.5, 0.6) is 0 Å². The van der Waals surface area contributed by atoms with Crippen molar-refractivity contribution in [2.75, 3.05) is 0 Å². The van der Waals surface area contributed by atoms with Gasteiger partial charge in [-0.2, -0.15) is 5.10 Å². The molecule has 1 fully saturated rings. The molecule has 2 amide bonds. The van der Waals surface area contributed by atoms with Crippen LogP contribution in [0.25, 0.3) is 0 Å². The van der Waals surface area contributed by atoms with E-state index in [2.05, 4.69) is 15.7 Å². The van der Waals surface area contributed by atoms with Crippen molar-refractivity contribution in [3.05, 3.63) is 18.0 Å². The van der Waals surface area contributed by atoms with Gasteiger partial charge in [0.25, 0.3) is 0 Å². The molecule has 1 atom stereocenters. The maximum absolute atomic E-state index is 11.5. The second-order valence-corrected chi connectivity index (χ2v) is 4.02. The first kappa shape index (κ1) is 11.8. The largest absolute Gasteiger partial charge is 0.300 e. The van der Waals surface area contributed by atoms with E-state index >= 15 is 0 Å². The fraction of sp³-hybridized carbons (Fsp3) is 0.545. The van der Waals surface area contributed by atoms with Gasteiger partial charge in [0.15, 0.2) is 0 Å². The van der Waals surface area contributed by atoms with Crippen LogP contribution in [0.3, 0.4) is 0 Å². The number of piperidine rings is 1. The fourth-order valence-electron chi connectivity index (χ4n) is 1.91. The summed E-state index contributed by atoms with van der Waals surface area (Å²) < 4.78 is 1.87. The molecule has 92 valence electrons. The lowest BCUT2D eigenvalue weighted by Crippen LogP contribution is -2.50. The minimum Gasteiger partial charge on any atom is -0.300 e. The highest BCUT2D eigenvalue weighted by Crippen LogP contribution is 2.06. The zero-order valence-electron chi connectivity index (χ0n) is 9.77. The van der Waals surface area contributed by atoms with Crippen LogP contribution in [0.4, 0.5) is 0 Å². The van der Waals surface area contributed by atoms with Crippen LogP contribution < -0.4 is 10.6 Å². The number of hydrogen-bond acceptors (Lipinski definition) is 4. The van der Waals surface area contributed by atoms with Crippen LogP contribution in [-0.2, 0) is 22.7 Å². The molecule has 6 nitrogen and oxygen atoms in total. The number of carbonyl (C=O) groups is 2. The normalized spacial score (nSPS) is 20.4. The number of hydrogen-bond donors (Lipinski definition) is 2. The van der Waals surface area contributed by atoms with Crippen molar-refractivity contribution in [2.45, 2.75) is 38.9 Å². The summed E-state index contributed by atoms with van der Waals surface area (Å²) in [7, 11) is 0. The molecule has 0 spiro atoms. The highest BCUT2D eigenvalue weighted by molar-refractivity contribution is 6.00. The van der Waals surface area contributed by atoms with E-state index in [-0.39, 0.29) is 17.9 Å². The maximum atomic E-state index is 11.5. The number of rotatable bonds is 4. The Morgan fingerprint density at radius 2 is 2.41 bits per heavy atom. The monoisotopic (exact) mass is 236 g/mol. The molecule has 1 aliphatic rings. The second-order valence-electron chi connectivity index (χ2n) is 4.02. The van der Waals surface area contributed by atoms with E-state index in [4.69, 9.17) is 0 Å². The zero-order chi connectivity index (χ0) is 12.3. The molecule has 17 heavy (non-hydrogen) atoms. The number of carbonyl (C=O) groups excluding carboxylic acids is 2. The first-order valence-corrected chi connectivity index (χ1v) is 5.78. The third kappa shape index (κ3) is 2.71. The predicted octanol–water partition coefficient (Wildman–Crippen LogP) is -0.202. The van der Waals surface area contributed by atoms with Crippen molar-refractivity contribution in [1.82, 2.24) is 20.4 Å². The van der Waals surface area contributed by atoms with Gasteiger partial charge in [0, 0.05) is 25.7 Å². The van der Waals surface area contributed by atoms with Crippen molar-refractivity contribution in [2.24, 2.45) is 0 Å². The van der Waals surface area contributed by atoms with Gasteiger partial charge in [-0.15, -0.1) is 0 Å². The number of aryl methyl sites for hydroxylation is 1. The van der Waals surface area contributed by atoms with Gasteiger partial charge in [-0.3, -0.25) is 19.6 Å². The van der Waals surface area contributed by atoms with Crippen molar-refractivity contribution >= 4 is 11.8 Å². The Hall–Kier alpha value is -1.69. The molecule has 0 aromatic carbocycles. The lowest BCUT2D eigenvalue weighted by atomic mass is 10.1. The molecule has 1 aromatic rings. The Balaban J connectivity index is 1.90. The van der Waals surface area contributed by atoms with Crippen LogP contribution in [0.1, 0.15) is 25.5 Å². The number of nitrogens with one attached hydrogen (secondary N) is 2. The van der Waals surface area contributed by atoms with Crippen LogP contribution in [0.15, 0.2) is 12.3 Å². The fourth-order valence-corrected chi connectivity index (χ4v) is 1.91. The molecule has 6 heteroatoms. The van der Waals surface area contributed by atoms with Gasteiger partial charge in [-0.05, 0) is 19.4 Å².